The van der Waals surface area contributed by atoms with E-state index >= 15 is 0 Å². The van der Waals surface area contributed by atoms with Crippen molar-refractivity contribution in [2.24, 2.45) is 16.8 Å². The average Bonchev–Trinajstić information content (AvgIpc) is 3.29. The second-order valence-corrected chi connectivity index (χ2v) is 5.66. The van der Waals surface area contributed by atoms with Crippen LogP contribution in [0.1, 0.15) is 19.3 Å². The Balaban J connectivity index is 1.75. The summed E-state index contributed by atoms with van der Waals surface area (Å²) in [7, 11) is 1.82. The number of nitrogens with zero attached hydrogens (tertiary/aromatic N) is 2. The molecule has 21 heavy (non-hydrogen) atoms. The third kappa shape index (κ3) is 2.81. The SMILES string of the molecule is CN/C(=C\C(=N)C1CC1)N1CCC2=NC(=O)NC(=O)C2C1. The maximum absolute atomic E-state index is 11.9. The molecule has 3 rings (SSSR count). The fourth-order valence-corrected chi connectivity index (χ4v) is 2.76. The molecule has 7 heteroatoms. The first kappa shape index (κ1) is 13.8. The fourth-order valence-electron chi connectivity index (χ4n) is 2.76. The molecule has 0 aromatic carbocycles. The molecule has 1 saturated heterocycles. The van der Waals surface area contributed by atoms with E-state index in [1.54, 1.807) is 0 Å². The van der Waals surface area contributed by atoms with Crippen molar-refractivity contribution in [2.45, 2.75) is 19.3 Å². The Morgan fingerprint density at radius 1 is 1.48 bits per heavy atom. The van der Waals surface area contributed by atoms with Gasteiger partial charge < -0.3 is 15.6 Å². The molecule has 112 valence electrons. The number of hydrogen-bond acceptors (Lipinski definition) is 5. The first-order chi connectivity index (χ1) is 10.1. The van der Waals surface area contributed by atoms with Gasteiger partial charge in [0.25, 0.3) is 0 Å². The van der Waals surface area contributed by atoms with E-state index in [9.17, 15) is 9.59 Å². The number of allylic oxidation sites excluding steroid dienone is 1. The molecule has 0 radical (unpaired) electrons. The lowest BCUT2D eigenvalue weighted by Gasteiger charge is -2.37. The van der Waals surface area contributed by atoms with Crippen LogP contribution in [-0.4, -0.2) is 48.4 Å². The minimum Gasteiger partial charge on any atom is -0.375 e. The lowest BCUT2D eigenvalue weighted by Crippen LogP contribution is -2.52. The molecule has 1 saturated carbocycles. The summed E-state index contributed by atoms with van der Waals surface area (Å²) >= 11 is 0. The van der Waals surface area contributed by atoms with Gasteiger partial charge in [0.1, 0.15) is 5.82 Å². The van der Waals surface area contributed by atoms with Crippen molar-refractivity contribution in [1.82, 2.24) is 15.5 Å². The van der Waals surface area contributed by atoms with E-state index in [1.165, 1.54) is 0 Å². The second kappa shape index (κ2) is 5.31. The quantitative estimate of drug-likeness (QED) is 0.656. The molecule has 3 amide bonds. The van der Waals surface area contributed by atoms with Gasteiger partial charge in [0.15, 0.2) is 0 Å². The number of amides is 3. The van der Waals surface area contributed by atoms with Crippen LogP contribution in [0.5, 0.6) is 0 Å². The maximum Gasteiger partial charge on any atom is 0.347 e. The monoisotopic (exact) mass is 289 g/mol. The largest absolute Gasteiger partial charge is 0.375 e. The van der Waals surface area contributed by atoms with Gasteiger partial charge >= 0.3 is 6.03 Å². The third-order valence-electron chi connectivity index (χ3n) is 4.14. The molecule has 2 fully saturated rings. The Hall–Kier alpha value is -2.18. The number of piperidine rings is 1. The Kier molecular flexibility index (Phi) is 3.48. The molecule has 1 unspecified atom stereocenters. The van der Waals surface area contributed by atoms with Crippen LogP contribution in [0.3, 0.4) is 0 Å². The van der Waals surface area contributed by atoms with Crippen LogP contribution in [0.15, 0.2) is 16.9 Å². The summed E-state index contributed by atoms with van der Waals surface area (Å²) in [4.78, 5) is 29.1. The van der Waals surface area contributed by atoms with Crippen LogP contribution in [0.4, 0.5) is 4.79 Å². The number of carbonyl (C=O) groups excluding carboxylic acids is 2. The second-order valence-electron chi connectivity index (χ2n) is 5.66. The van der Waals surface area contributed by atoms with Crippen LogP contribution < -0.4 is 10.6 Å². The number of rotatable bonds is 4. The molecule has 0 bridgehead atoms. The molecule has 3 N–H and O–H groups in total. The summed E-state index contributed by atoms with van der Waals surface area (Å²) in [6.45, 7) is 1.18. The predicted molar refractivity (Wildman–Crippen MR) is 78.2 cm³/mol. The van der Waals surface area contributed by atoms with Crippen LogP contribution in [0.2, 0.25) is 0 Å². The van der Waals surface area contributed by atoms with Crippen molar-refractivity contribution >= 4 is 23.4 Å². The van der Waals surface area contributed by atoms with Crippen LogP contribution in [0, 0.1) is 17.2 Å². The van der Waals surface area contributed by atoms with Gasteiger partial charge in [-0.15, -0.1) is 0 Å². The highest BCUT2D eigenvalue weighted by molar-refractivity contribution is 6.17. The van der Waals surface area contributed by atoms with Crippen LogP contribution in [-0.2, 0) is 4.79 Å². The Bertz CT molecular complexity index is 562. The van der Waals surface area contributed by atoms with Gasteiger partial charge in [-0.3, -0.25) is 10.1 Å². The molecule has 3 aliphatic rings. The van der Waals surface area contributed by atoms with Crippen LogP contribution >= 0.6 is 0 Å². The summed E-state index contributed by atoms with van der Waals surface area (Å²) in [5, 5.41) is 13.4. The van der Waals surface area contributed by atoms with Gasteiger partial charge in [-0.2, -0.15) is 0 Å². The van der Waals surface area contributed by atoms with Gasteiger partial charge in [-0.25, -0.2) is 9.79 Å². The number of nitrogens with one attached hydrogen (secondary N) is 3. The van der Waals surface area contributed by atoms with Gasteiger partial charge in [0, 0.05) is 43.9 Å². The van der Waals surface area contributed by atoms with Crippen molar-refractivity contribution in [1.29, 1.82) is 5.41 Å². The first-order valence-electron chi connectivity index (χ1n) is 7.23. The number of hydrogen-bond donors (Lipinski definition) is 3. The zero-order valence-electron chi connectivity index (χ0n) is 12.0. The number of carbonyl (C=O) groups is 2. The van der Waals surface area contributed by atoms with E-state index in [1.807, 2.05) is 13.1 Å². The minimum absolute atomic E-state index is 0.276. The molecule has 0 spiro atoms. The highest BCUT2D eigenvalue weighted by Crippen LogP contribution is 2.31. The van der Waals surface area contributed by atoms with E-state index in [2.05, 4.69) is 20.5 Å². The normalized spacial score (nSPS) is 26.0. The van der Waals surface area contributed by atoms with Crippen molar-refractivity contribution < 1.29 is 9.59 Å². The summed E-state index contributed by atoms with van der Waals surface area (Å²) in [6, 6.07) is -0.556. The maximum atomic E-state index is 11.9. The van der Waals surface area contributed by atoms with Crippen molar-refractivity contribution in [3.8, 4) is 0 Å². The topological polar surface area (TPSA) is 97.7 Å². The van der Waals surface area contributed by atoms with E-state index in [-0.39, 0.29) is 11.8 Å². The van der Waals surface area contributed by atoms with Gasteiger partial charge in [0.05, 0.1) is 5.92 Å². The van der Waals surface area contributed by atoms with Crippen LogP contribution in [0.25, 0.3) is 0 Å². The molecular weight excluding hydrogens is 270 g/mol. The van der Waals surface area contributed by atoms with E-state index in [0.717, 1.165) is 18.7 Å². The van der Waals surface area contributed by atoms with E-state index in [4.69, 9.17) is 5.41 Å². The lowest BCUT2D eigenvalue weighted by molar-refractivity contribution is -0.122. The number of aliphatic imine (C=N–C) groups is 1. The Labute approximate surface area is 123 Å². The summed E-state index contributed by atoms with van der Waals surface area (Å²) in [5.41, 5.74) is 1.31. The van der Waals surface area contributed by atoms with Gasteiger partial charge in [0.2, 0.25) is 5.91 Å². The number of likely N-dealkylation sites (tertiary alicyclic amines) is 1. The third-order valence-corrected chi connectivity index (χ3v) is 4.14. The zero-order chi connectivity index (χ0) is 15.0. The molecular formula is C14H19N5O2. The van der Waals surface area contributed by atoms with Crippen molar-refractivity contribution in [2.75, 3.05) is 20.1 Å². The van der Waals surface area contributed by atoms with Gasteiger partial charge in [-0.1, -0.05) is 0 Å². The lowest BCUT2D eigenvalue weighted by atomic mass is 9.93. The molecule has 7 nitrogen and oxygen atoms in total. The minimum atomic E-state index is -0.556. The highest BCUT2D eigenvalue weighted by Gasteiger charge is 2.36. The number of imide groups is 1. The summed E-state index contributed by atoms with van der Waals surface area (Å²) in [5.74, 6) is 0.604. The molecule has 2 aliphatic heterocycles. The van der Waals surface area contributed by atoms with E-state index < -0.39 is 6.03 Å². The fraction of sp³-hybridized carbons (Fsp3) is 0.571. The van der Waals surface area contributed by atoms with Gasteiger partial charge in [-0.05, 0) is 18.9 Å². The predicted octanol–water partition coefficient (Wildman–Crippen LogP) is 0.490. The van der Waals surface area contributed by atoms with E-state index in [0.29, 0.717) is 36.9 Å². The Morgan fingerprint density at radius 3 is 2.90 bits per heavy atom. The Morgan fingerprint density at radius 2 is 2.24 bits per heavy atom. The van der Waals surface area contributed by atoms with Crippen molar-refractivity contribution in [3.05, 3.63) is 11.9 Å². The first-order valence-corrected chi connectivity index (χ1v) is 7.23. The molecule has 1 aliphatic carbocycles. The molecule has 0 aromatic rings. The highest BCUT2D eigenvalue weighted by atomic mass is 16.2. The molecule has 0 aromatic heterocycles. The average molecular weight is 289 g/mol. The summed E-state index contributed by atoms with van der Waals surface area (Å²) < 4.78 is 0. The molecule has 1 atom stereocenters. The smallest absolute Gasteiger partial charge is 0.347 e. The summed E-state index contributed by atoms with van der Waals surface area (Å²) in [6.07, 6.45) is 4.64. The zero-order valence-corrected chi connectivity index (χ0v) is 12.0. The molecule has 2 heterocycles. The van der Waals surface area contributed by atoms with Crippen molar-refractivity contribution in [3.63, 3.8) is 0 Å². The number of fused-ring (bicyclic) bond motifs is 1. The number of urea groups is 1. The standard InChI is InChI=1S/C14H19N5O2/c1-16-12(6-10(15)8-2-3-8)19-5-4-11-9(7-19)13(20)18-14(21)17-11/h6,8-9,15-16H,2-5,7H2,1H3,(H,18,20,21)/b12-6+,15-10?.